The number of hydrogen-bond donors (Lipinski definition) is 0. The van der Waals surface area contributed by atoms with Crippen LogP contribution in [0.4, 0.5) is 11.6 Å². The second-order valence-corrected chi connectivity index (χ2v) is 8.02. The molecule has 1 aromatic carbocycles. The second kappa shape index (κ2) is 8.47. The van der Waals surface area contributed by atoms with Crippen LogP contribution in [0.25, 0.3) is 11.4 Å². The summed E-state index contributed by atoms with van der Waals surface area (Å²) in [6.07, 6.45) is 5.58. The number of anilines is 2. The highest BCUT2D eigenvalue weighted by Gasteiger charge is 2.25. The van der Waals surface area contributed by atoms with Gasteiger partial charge in [-0.1, -0.05) is 12.1 Å². The van der Waals surface area contributed by atoms with E-state index in [4.69, 9.17) is 9.72 Å². The van der Waals surface area contributed by atoms with E-state index in [9.17, 15) is 4.79 Å². The van der Waals surface area contributed by atoms with E-state index in [1.54, 1.807) is 23.9 Å². The molecule has 0 N–H and O–H groups in total. The quantitative estimate of drug-likeness (QED) is 0.644. The van der Waals surface area contributed by atoms with Crippen molar-refractivity contribution in [3.63, 3.8) is 0 Å². The Bertz CT molecular complexity index is 1090. The van der Waals surface area contributed by atoms with E-state index in [0.29, 0.717) is 37.0 Å². The number of morpholine rings is 1. The Morgan fingerprint density at radius 3 is 2.55 bits per heavy atom. The smallest absolute Gasteiger partial charge is 0.255 e. The Balaban J connectivity index is 1.39. The zero-order chi connectivity index (χ0) is 21.2. The average Bonchev–Trinajstić information content (AvgIpc) is 3.37. The molecule has 0 amide bonds. The predicted molar refractivity (Wildman–Crippen MR) is 119 cm³/mol. The van der Waals surface area contributed by atoms with Gasteiger partial charge in [0, 0.05) is 44.6 Å². The van der Waals surface area contributed by atoms with Gasteiger partial charge in [0.15, 0.2) is 0 Å². The van der Waals surface area contributed by atoms with Gasteiger partial charge in [-0.3, -0.25) is 9.36 Å². The van der Waals surface area contributed by atoms with Crippen LogP contribution in [0.5, 0.6) is 0 Å². The molecule has 160 valence electrons. The summed E-state index contributed by atoms with van der Waals surface area (Å²) in [7, 11) is 1.75. The van der Waals surface area contributed by atoms with Crippen molar-refractivity contribution < 1.29 is 4.74 Å². The molecule has 1 atom stereocenters. The molecule has 2 saturated heterocycles. The maximum absolute atomic E-state index is 12.6. The normalized spacial score (nSPS) is 19.1. The van der Waals surface area contributed by atoms with Crippen LogP contribution < -0.4 is 15.4 Å². The number of aromatic nitrogens is 4. The fourth-order valence-corrected chi connectivity index (χ4v) is 4.29. The van der Waals surface area contributed by atoms with Crippen molar-refractivity contribution in [2.75, 3.05) is 42.6 Å². The van der Waals surface area contributed by atoms with Gasteiger partial charge in [-0.2, -0.15) is 0 Å². The minimum atomic E-state index is -0.114. The highest BCUT2D eigenvalue weighted by molar-refractivity contribution is 5.55. The minimum Gasteiger partial charge on any atom is -0.372 e. The Morgan fingerprint density at radius 2 is 1.81 bits per heavy atom. The summed E-state index contributed by atoms with van der Waals surface area (Å²) in [6.45, 7) is 4.16. The molecule has 0 saturated carbocycles. The summed E-state index contributed by atoms with van der Waals surface area (Å²) < 4.78 is 7.66. The Labute approximate surface area is 181 Å². The highest BCUT2D eigenvalue weighted by Crippen LogP contribution is 2.28. The van der Waals surface area contributed by atoms with Gasteiger partial charge < -0.3 is 14.5 Å². The monoisotopic (exact) mass is 418 g/mol. The third-order valence-corrected chi connectivity index (χ3v) is 6.04. The third kappa shape index (κ3) is 4.03. The molecule has 31 heavy (non-hydrogen) atoms. The summed E-state index contributed by atoms with van der Waals surface area (Å²) in [5, 5.41) is 0. The summed E-state index contributed by atoms with van der Waals surface area (Å²) in [5.74, 6) is 0.628. The van der Waals surface area contributed by atoms with Crippen molar-refractivity contribution in [2.45, 2.75) is 18.9 Å². The maximum atomic E-state index is 12.6. The minimum absolute atomic E-state index is 0.0685. The summed E-state index contributed by atoms with van der Waals surface area (Å²) in [5.41, 5.74) is 3.49. The number of rotatable bonds is 4. The van der Waals surface area contributed by atoms with Crippen LogP contribution in [-0.2, 0) is 11.8 Å². The van der Waals surface area contributed by atoms with Crippen molar-refractivity contribution in [2.24, 2.45) is 7.05 Å². The maximum Gasteiger partial charge on any atom is 0.255 e. The van der Waals surface area contributed by atoms with Crippen LogP contribution in [0, 0.1) is 0 Å². The molecule has 2 fully saturated rings. The zero-order valence-corrected chi connectivity index (χ0v) is 17.6. The molecular formula is C23H26N6O2. The zero-order valence-electron chi connectivity index (χ0n) is 17.6. The lowest BCUT2D eigenvalue weighted by Gasteiger charge is -2.34. The van der Waals surface area contributed by atoms with Crippen LogP contribution in [-0.4, -0.2) is 52.3 Å². The molecule has 2 aromatic heterocycles. The topological polar surface area (TPSA) is 76.4 Å². The molecule has 8 heteroatoms. The molecule has 0 aliphatic carbocycles. The van der Waals surface area contributed by atoms with E-state index >= 15 is 0 Å². The van der Waals surface area contributed by atoms with Crippen molar-refractivity contribution >= 4 is 11.6 Å². The molecule has 1 unspecified atom stereocenters. The molecule has 0 radical (unpaired) electrons. The SMILES string of the molecule is Cn1c(N2CCOC(c3ccc(N4CCCC4)cc3)C2)nc(-c2ccncn2)cc1=O. The van der Waals surface area contributed by atoms with E-state index in [2.05, 4.69) is 44.0 Å². The van der Waals surface area contributed by atoms with E-state index in [1.165, 1.54) is 30.9 Å². The van der Waals surface area contributed by atoms with Crippen LogP contribution in [0.2, 0.25) is 0 Å². The first-order valence-electron chi connectivity index (χ1n) is 10.7. The number of benzene rings is 1. The lowest BCUT2D eigenvalue weighted by Crippen LogP contribution is -2.41. The standard InChI is InChI=1S/C23H26N6O2/c1-27-22(30)14-20(19-8-9-24-16-25-19)26-23(27)29-12-13-31-21(15-29)17-4-6-18(7-5-17)28-10-2-3-11-28/h4-9,14,16,21H,2-3,10-13,15H2,1H3. The van der Waals surface area contributed by atoms with Crippen LogP contribution in [0.1, 0.15) is 24.5 Å². The van der Waals surface area contributed by atoms with Gasteiger partial charge in [-0.15, -0.1) is 0 Å². The van der Waals surface area contributed by atoms with Crippen molar-refractivity contribution in [1.29, 1.82) is 0 Å². The van der Waals surface area contributed by atoms with Crippen molar-refractivity contribution in [1.82, 2.24) is 19.5 Å². The fraction of sp³-hybridized carbons (Fsp3) is 0.391. The highest BCUT2D eigenvalue weighted by atomic mass is 16.5. The molecule has 0 bridgehead atoms. The van der Waals surface area contributed by atoms with Crippen LogP contribution in [0.3, 0.4) is 0 Å². The predicted octanol–water partition coefficient (Wildman–Crippen LogP) is 2.42. The van der Waals surface area contributed by atoms with Gasteiger partial charge in [-0.05, 0) is 36.6 Å². The first-order valence-corrected chi connectivity index (χ1v) is 10.7. The van der Waals surface area contributed by atoms with Gasteiger partial charge in [0.05, 0.1) is 24.5 Å². The lowest BCUT2D eigenvalue weighted by molar-refractivity contribution is 0.0390. The number of ether oxygens (including phenoxy) is 1. The van der Waals surface area contributed by atoms with Crippen molar-refractivity contribution in [3.05, 3.63) is 64.8 Å². The van der Waals surface area contributed by atoms with E-state index in [1.807, 2.05) is 0 Å². The Kier molecular flexibility index (Phi) is 5.38. The van der Waals surface area contributed by atoms with Gasteiger partial charge in [0.2, 0.25) is 5.95 Å². The molecule has 2 aliphatic heterocycles. The Hall–Kier alpha value is -3.26. The van der Waals surface area contributed by atoms with E-state index in [0.717, 1.165) is 18.7 Å². The van der Waals surface area contributed by atoms with Gasteiger partial charge in [-0.25, -0.2) is 15.0 Å². The van der Waals surface area contributed by atoms with Gasteiger partial charge in [0.25, 0.3) is 5.56 Å². The Morgan fingerprint density at radius 1 is 1.00 bits per heavy atom. The van der Waals surface area contributed by atoms with Gasteiger partial charge in [0.1, 0.15) is 12.4 Å². The summed E-state index contributed by atoms with van der Waals surface area (Å²) in [6, 6.07) is 12.0. The molecule has 5 rings (SSSR count). The molecule has 3 aromatic rings. The molecule has 0 spiro atoms. The van der Waals surface area contributed by atoms with E-state index < -0.39 is 0 Å². The number of nitrogens with zero attached hydrogens (tertiary/aromatic N) is 6. The first-order chi connectivity index (χ1) is 15.2. The fourth-order valence-electron chi connectivity index (χ4n) is 4.29. The third-order valence-electron chi connectivity index (χ3n) is 6.04. The van der Waals surface area contributed by atoms with E-state index in [-0.39, 0.29) is 11.7 Å². The molecule has 8 nitrogen and oxygen atoms in total. The van der Waals surface area contributed by atoms with Crippen molar-refractivity contribution in [3.8, 4) is 11.4 Å². The molecule has 4 heterocycles. The second-order valence-electron chi connectivity index (χ2n) is 8.02. The lowest BCUT2D eigenvalue weighted by atomic mass is 10.1. The largest absolute Gasteiger partial charge is 0.372 e. The molecule has 2 aliphatic rings. The van der Waals surface area contributed by atoms with Crippen LogP contribution >= 0.6 is 0 Å². The summed E-state index contributed by atoms with van der Waals surface area (Å²) >= 11 is 0. The number of hydrogen-bond acceptors (Lipinski definition) is 7. The summed E-state index contributed by atoms with van der Waals surface area (Å²) in [4.78, 5) is 30.1. The van der Waals surface area contributed by atoms with Gasteiger partial charge >= 0.3 is 0 Å². The first kappa shape index (κ1) is 19.7. The van der Waals surface area contributed by atoms with Crippen LogP contribution in [0.15, 0.2) is 53.7 Å². The molecular weight excluding hydrogens is 392 g/mol. The average molecular weight is 419 g/mol.